The molecule has 1 aliphatic heterocycles. The van der Waals surface area contributed by atoms with Crippen LogP contribution in [0.1, 0.15) is 23.8 Å². The Morgan fingerprint density at radius 1 is 1.04 bits per heavy atom. The van der Waals surface area contributed by atoms with E-state index in [0.29, 0.717) is 5.92 Å². The summed E-state index contributed by atoms with van der Waals surface area (Å²) in [4.78, 5) is 15.7. The second kappa shape index (κ2) is 6.44. The Balaban J connectivity index is 1.33. The molecule has 0 bridgehead atoms. The van der Waals surface area contributed by atoms with E-state index in [1.807, 2.05) is 23.7 Å². The van der Waals surface area contributed by atoms with Crippen LogP contribution in [0.25, 0.3) is 21.3 Å². The lowest BCUT2D eigenvalue weighted by atomic mass is 9.79. The van der Waals surface area contributed by atoms with E-state index in [0.717, 1.165) is 49.0 Å². The molecule has 0 N–H and O–H groups in total. The first-order chi connectivity index (χ1) is 12.4. The van der Waals surface area contributed by atoms with Crippen molar-refractivity contribution < 1.29 is 4.74 Å². The Morgan fingerprint density at radius 2 is 1.84 bits per heavy atom. The number of ether oxygens (including phenoxy) is 1. The highest BCUT2D eigenvalue weighted by molar-refractivity contribution is 7.18. The Labute approximate surface area is 150 Å². The molecule has 25 heavy (non-hydrogen) atoms. The van der Waals surface area contributed by atoms with Gasteiger partial charge in [0.1, 0.15) is 6.33 Å². The minimum absolute atomic E-state index is 0.619. The molecule has 1 aromatic carbocycles. The highest BCUT2D eigenvalue weighted by Gasteiger charge is 2.36. The van der Waals surface area contributed by atoms with Gasteiger partial charge in [-0.05, 0) is 30.5 Å². The monoisotopic (exact) mass is 352 g/mol. The number of aromatic nitrogens is 3. The largest absolute Gasteiger partial charge is 0.379 e. The molecule has 5 rings (SSSR count). The van der Waals surface area contributed by atoms with E-state index in [1.165, 1.54) is 22.5 Å². The summed E-state index contributed by atoms with van der Waals surface area (Å²) in [5, 5.41) is 1.29. The van der Waals surface area contributed by atoms with Gasteiger partial charge in [0.25, 0.3) is 0 Å². The van der Waals surface area contributed by atoms with Gasteiger partial charge in [-0.1, -0.05) is 6.07 Å². The van der Waals surface area contributed by atoms with Gasteiger partial charge >= 0.3 is 0 Å². The zero-order chi connectivity index (χ0) is 16.6. The van der Waals surface area contributed by atoms with Crippen LogP contribution >= 0.6 is 11.3 Å². The second-order valence-electron chi connectivity index (χ2n) is 6.83. The zero-order valence-corrected chi connectivity index (χ0v) is 14.8. The van der Waals surface area contributed by atoms with E-state index in [9.17, 15) is 0 Å². The summed E-state index contributed by atoms with van der Waals surface area (Å²) in [6.07, 6.45) is 7.75. The lowest BCUT2D eigenvalue weighted by molar-refractivity contribution is -0.00698. The molecule has 0 atom stereocenters. The first kappa shape index (κ1) is 15.4. The SMILES string of the molecule is c1ncc(-c2ccc3nc([C@H]4C[C@H](N5CCOCC5)C4)sc3c2)cn1. The molecule has 2 fully saturated rings. The van der Waals surface area contributed by atoms with Gasteiger partial charge in [0, 0.05) is 43.0 Å². The smallest absolute Gasteiger partial charge is 0.115 e. The molecule has 0 radical (unpaired) electrons. The molecule has 0 unspecified atom stereocenters. The normalized spacial score (nSPS) is 24.3. The van der Waals surface area contributed by atoms with Crippen molar-refractivity contribution in [3.8, 4) is 11.1 Å². The van der Waals surface area contributed by atoms with E-state index in [4.69, 9.17) is 9.72 Å². The molecule has 3 aromatic rings. The fraction of sp³-hybridized carbons (Fsp3) is 0.421. The number of rotatable bonds is 3. The van der Waals surface area contributed by atoms with E-state index in [2.05, 4.69) is 33.1 Å². The Hall–Kier alpha value is -1.89. The average Bonchev–Trinajstić information content (AvgIpc) is 3.04. The molecule has 2 aromatic heterocycles. The van der Waals surface area contributed by atoms with Crippen LogP contribution in [0.15, 0.2) is 36.9 Å². The number of thiazole rings is 1. The fourth-order valence-corrected chi connectivity index (χ4v) is 4.91. The van der Waals surface area contributed by atoms with Crippen LogP contribution in [0.5, 0.6) is 0 Å². The number of hydrogen-bond acceptors (Lipinski definition) is 6. The van der Waals surface area contributed by atoms with Crippen LogP contribution in [0.3, 0.4) is 0 Å². The summed E-state index contributed by atoms with van der Waals surface area (Å²) in [6, 6.07) is 7.17. The third-order valence-electron chi connectivity index (χ3n) is 5.32. The van der Waals surface area contributed by atoms with Gasteiger partial charge < -0.3 is 4.74 Å². The lowest BCUT2D eigenvalue weighted by Crippen LogP contribution is -2.48. The standard InChI is InChI=1S/C19H20N4OS/c1-2-17-18(9-13(1)15-10-20-12-21-11-15)25-19(22-17)14-7-16(8-14)23-3-5-24-6-4-23/h1-2,9-12,14,16H,3-8H2/t14-,16-. The van der Waals surface area contributed by atoms with Gasteiger partial charge in [0.15, 0.2) is 0 Å². The van der Waals surface area contributed by atoms with Gasteiger partial charge in [-0.15, -0.1) is 11.3 Å². The second-order valence-corrected chi connectivity index (χ2v) is 7.89. The van der Waals surface area contributed by atoms with Crippen LogP contribution in [-0.2, 0) is 4.74 Å². The van der Waals surface area contributed by atoms with Crippen LogP contribution in [0.4, 0.5) is 0 Å². The molecule has 5 nitrogen and oxygen atoms in total. The minimum atomic E-state index is 0.619. The molecular weight excluding hydrogens is 332 g/mol. The van der Waals surface area contributed by atoms with Crippen molar-refractivity contribution in [3.05, 3.63) is 41.9 Å². The minimum Gasteiger partial charge on any atom is -0.379 e. The van der Waals surface area contributed by atoms with Crippen molar-refractivity contribution in [2.24, 2.45) is 0 Å². The van der Waals surface area contributed by atoms with Crippen molar-refractivity contribution in [2.45, 2.75) is 24.8 Å². The zero-order valence-electron chi connectivity index (χ0n) is 14.0. The number of benzene rings is 1. The summed E-state index contributed by atoms with van der Waals surface area (Å²) in [5.41, 5.74) is 3.31. The molecule has 1 saturated carbocycles. The number of morpholine rings is 1. The molecule has 6 heteroatoms. The molecule has 1 aliphatic carbocycles. The van der Waals surface area contributed by atoms with E-state index < -0.39 is 0 Å². The lowest BCUT2D eigenvalue weighted by Gasteiger charge is -2.43. The Kier molecular flexibility index (Phi) is 3.96. The molecule has 1 saturated heterocycles. The average molecular weight is 352 g/mol. The number of nitrogens with zero attached hydrogens (tertiary/aromatic N) is 4. The highest BCUT2D eigenvalue weighted by atomic mass is 32.1. The van der Waals surface area contributed by atoms with Crippen LogP contribution in [0, 0.1) is 0 Å². The van der Waals surface area contributed by atoms with Crippen LogP contribution in [-0.4, -0.2) is 52.2 Å². The summed E-state index contributed by atoms with van der Waals surface area (Å²) in [7, 11) is 0. The first-order valence-electron chi connectivity index (χ1n) is 8.84. The summed E-state index contributed by atoms with van der Waals surface area (Å²) >= 11 is 1.84. The van der Waals surface area contributed by atoms with Crippen molar-refractivity contribution in [3.63, 3.8) is 0 Å². The first-order valence-corrected chi connectivity index (χ1v) is 9.66. The van der Waals surface area contributed by atoms with E-state index in [-0.39, 0.29) is 0 Å². The predicted octanol–water partition coefficient (Wildman–Crippen LogP) is 3.33. The summed E-state index contributed by atoms with van der Waals surface area (Å²) in [5.74, 6) is 0.619. The molecule has 0 spiro atoms. The van der Waals surface area contributed by atoms with Crippen molar-refractivity contribution in [1.29, 1.82) is 0 Å². The molecule has 128 valence electrons. The van der Waals surface area contributed by atoms with Crippen molar-refractivity contribution >= 4 is 21.6 Å². The third kappa shape index (κ3) is 2.94. The van der Waals surface area contributed by atoms with Gasteiger partial charge in [-0.3, -0.25) is 4.90 Å². The molecule has 3 heterocycles. The number of fused-ring (bicyclic) bond motifs is 1. The van der Waals surface area contributed by atoms with E-state index in [1.54, 1.807) is 6.33 Å². The van der Waals surface area contributed by atoms with Gasteiger partial charge in [-0.25, -0.2) is 15.0 Å². The predicted molar refractivity (Wildman–Crippen MR) is 98.8 cm³/mol. The van der Waals surface area contributed by atoms with Crippen LogP contribution < -0.4 is 0 Å². The quantitative estimate of drug-likeness (QED) is 0.724. The topological polar surface area (TPSA) is 51.1 Å². The maximum Gasteiger partial charge on any atom is 0.115 e. The molecule has 2 aliphatic rings. The molecule has 0 amide bonds. The Morgan fingerprint density at radius 3 is 2.64 bits per heavy atom. The van der Waals surface area contributed by atoms with Gasteiger partial charge in [0.2, 0.25) is 0 Å². The third-order valence-corrected chi connectivity index (χ3v) is 6.50. The maximum atomic E-state index is 5.46. The maximum absolute atomic E-state index is 5.46. The van der Waals surface area contributed by atoms with E-state index >= 15 is 0 Å². The summed E-state index contributed by atoms with van der Waals surface area (Å²) < 4.78 is 6.71. The summed E-state index contributed by atoms with van der Waals surface area (Å²) in [6.45, 7) is 3.93. The van der Waals surface area contributed by atoms with Gasteiger partial charge in [-0.2, -0.15) is 0 Å². The Bertz CT molecular complexity index is 870. The highest BCUT2D eigenvalue weighted by Crippen LogP contribution is 2.43. The van der Waals surface area contributed by atoms with Crippen LogP contribution in [0.2, 0.25) is 0 Å². The number of hydrogen-bond donors (Lipinski definition) is 0. The van der Waals surface area contributed by atoms with Crippen molar-refractivity contribution in [1.82, 2.24) is 19.9 Å². The van der Waals surface area contributed by atoms with Crippen molar-refractivity contribution in [2.75, 3.05) is 26.3 Å². The fourth-order valence-electron chi connectivity index (χ4n) is 3.77. The van der Waals surface area contributed by atoms with Gasteiger partial charge in [0.05, 0.1) is 28.4 Å². The molecular formula is C19H20N4OS.